The Kier molecular flexibility index (Phi) is 4.26. The lowest BCUT2D eigenvalue weighted by molar-refractivity contribution is 0.0697. The molecule has 0 aromatic carbocycles. The molecule has 0 unspecified atom stereocenters. The molecule has 21 heavy (non-hydrogen) atoms. The van der Waals surface area contributed by atoms with Gasteiger partial charge in [-0.2, -0.15) is 5.26 Å². The number of anilines is 2. The minimum Gasteiger partial charge on any atom is -0.478 e. The monoisotopic (exact) mass is 321 g/mol. The summed E-state index contributed by atoms with van der Waals surface area (Å²) in [6.45, 7) is 3.49. The Morgan fingerprint density at radius 2 is 1.95 bits per heavy atom. The van der Waals surface area contributed by atoms with E-state index in [4.69, 9.17) is 5.26 Å². The first kappa shape index (κ1) is 15.0. The fraction of sp³-hybridized carbons (Fsp3) is 0.154. The highest BCUT2D eigenvalue weighted by molar-refractivity contribution is 7.17. The molecule has 2 rings (SSSR count). The second-order valence-corrected chi connectivity index (χ2v) is 6.29. The van der Waals surface area contributed by atoms with Crippen molar-refractivity contribution in [3.63, 3.8) is 0 Å². The summed E-state index contributed by atoms with van der Waals surface area (Å²) >= 11 is 2.43. The number of rotatable bonds is 3. The summed E-state index contributed by atoms with van der Waals surface area (Å²) in [6, 6.07) is 2.99. The zero-order chi connectivity index (χ0) is 15.6. The van der Waals surface area contributed by atoms with E-state index < -0.39 is 12.0 Å². The molecular weight excluding hydrogens is 310 g/mol. The molecule has 0 aliphatic heterocycles. The Hall–Kier alpha value is -2.37. The predicted octanol–water partition coefficient (Wildman–Crippen LogP) is 3.64. The maximum atomic E-state index is 11.9. The molecule has 0 fully saturated rings. The van der Waals surface area contributed by atoms with Crippen molar-refractivity contribution in [1.82, 2.24) is 0 Å². The summed E-state index contributed by atoms with van der Waals surface area (Å²) in [4.78, 5) is 24.0. The van der Waals surface area contributed by atoms with Crippen molar-refractivity contribution in [2.45, 2.75) is 13.8 Å². The number of nitriles is 1. The smallest absolute Gasteiger partial charge is 0.338 e. The summed E-state index contributed by atoms with van der Waals surface area (Å²) in [5, 5.41) is 25.6. The highest BCUT2D eigenvalue weighted by Crippen LogP contribution is 2.32. The zero-order valence-corrected chi connectivity index (χ0v) is 12.8. The van der Waals surface area contributed by atoms with Gasteiger partial charge in [0.1, 0.15) is 16.1 Å². The number of nitrogens with one attached hydrogen (secondary N) is 2. The number of carboxylic acid groups (broad SMARTS) is 1. The summed E-state index contributed by atoms with van der Waals surface area (Å²) in [5.74, 6) is -1.08. The summed E-state index contributed by atoms with van der Waals surface area (Å²) in [5.41, 5.74) is 1.10. The number of hydrogen-bond donors (Lipinski definition) is 3. The quantitative estimate of drug-likeness (QED) is 0.803. The van der Waals surface area contributed by atoms with E-state index in [1.165, 1.54) is 22.7 Å². The van der Waals surface area contributed by atoms with E-state index in [1.807, 2.05) is 6.07 Å². The molecule has 0 saturated heterocycles. The van der Waals surface area contributed by atoms with Crippen LogP contribution in [0.25, 0.3) is 0 Å². The maximum absolute atomic E-state index is 11.9. The highest BCUT2D eigenvalue weighted by Gasteiger charge is 2.20. The Balaban J connectivity index is 2.19. The average Bonchev–Trinajstić information content (AvgIpc) is 2.95. The molecule has 2 aromatic heterocycles. The van der Waals surface area contributed by atoms with Gasteiger partial charge in [0.05, 0.1) is 11.1 Å². The lowest BCUT2D eigenvalue weighted by Gasteiger charge is -2.05. The lowest BCUT2D eigenvalue weighted by Crippen LogP contribution is -2.20. The fourth-order valence-corrected chi connectivity index (χ4v) is 3.48. The van der Waals surface area contributed by atoms with Crippen LogP contribution in [0.3, 0.4) is 0 Å². The van der Waals surface area contributed by atoms with Crippen LogP contribution in [0.2, 0.25) is 0 Å². The van der Waals surface area contributed by atoms with E-state index in [0.29, 0.717) is 16.1 Å². The standard InChI is InChI=1S/C13H11N3O3S2/c1-6-7(2)21-11(9(6)12(17)18)16-13(19)15-10-8(5-14)3-4-20-10/h3-4H,1-2H3,(H,17,18)(H2,15,16,19). The molecule has 0 saturated carbocycles. The van der Waals surface area contributed by atoms with Gasteiger partial charge in [-0.05, 0) is 30.9 Å². The molecule has 2 heterocycles. The van der Waals surface area contributed by atoms with E-state index in [-0.39, 0.29) is 10.6 Å². The van der Waals surface area contributed by atoms with Crippen molar-refractivity contribution >= 4 is 44.7 Å². The summed E-state index contributed by atoms with van der Waals surface area (Å²) < 4.78 is 0. The molecule has 0 aliphatic rings. The number of aryl methyl sites for hydroxylation is 1. The molecule has 0 atom stereocenters. The van der Waals surface area contributed by atoms with E-state index in [2.05, 4.69) is 10.6 Å². The van der Waals surface area contributed by atoms with Crippen LogP contribution in [0.15, 0.2) is 11.4 Å². The number of hydrogen-bond acceptors (Lipinski definition) is 5. The van der Waals surface area contributed by atoms with Crippen LogP contribution < -0.4 is 10.6 Å². The SMILES string of the molecule is Cc1sc(NC(=O)Nc2sccc2C#N)c(C(=O)O)c1C. The molecule has 2 amide bonds. The fourth-order valence-electron chi connectivity index (χ4n) is 1.70. The number of carbonyl (C=O) groups is 2. The van der Waals surface area contributed by atoms with Crippen LogP contribution in [0.5, 0.6) is 0 Å². The second-order valence-electron chi connectivity index (χ2n) is 4.15. The minimum atomic E-state index is -1.08. The van der Waals surface area contributed by atoms with Gasteiger partial charge in [0.25, 0.3) is 0 Å². The van der Waals surface area contributed by atoms with E-state index in [0.717, 1.165) is 4.88 Å². The summed E-state index contributed by atoms with van der Waals surface area (Å²) in [7, 11) is 0. The van der Waals surface area contributed by atoms with Gasteiger partial charge in [0.15, 0.2) is 0 Å². The van der Waals surface area contributed by atoms with Crippen molar-refractivity contribution < 1.29 is 14.7 Å². The lowest BCUT2D eigenvalue weighted by atomic mass is 10.1. The van der Waals surface area contributed by atoms with Gasteiger partial charge in [-0.15, -0.1) is 22.7 Å². The Labute approximate surface area is 128 Å². The number of amides is 2. The van der Waals surface area contributed by atoms with Crippen LogP contribution in [0.4, 0.5) is 14.8 Å². The normalized spacial score (nSPS) is 9.95. The van der Waals surface area contributed by atoms with Crippen LogP contribution >= 0.6 is 22.7 Å². The third-order valence-electron chi connectivity index (χ3n) is 2.84. The first-order chi connectivity index (χ1) is 9.93. The van der Waals surface area contributed by atoms with Gasteiger partial charge < -0.3 is 5.11 Å². The second kappa shape index (κ2) is 5.95. The minimum absolute atomic E-state index is 0.0966. The Morgan fingerprint density at radius 1 is 1.29 bits per heavy atom. The van der Waals surface area contributed by atoms with Crippen LogP contribution in [-0.4, -0.2) is 17.1 Å². The molecule has 0 aliphatic carbocycles. The van der Waals surface area contributed by atoms with Gasteiger partial charge >= 0.3 is 12.0 Å². The Bertz CT molecular complexity index is 755. The molecule has 0 bridgehead atoms. The number of carboxylic acids is 1. The van der Waals surface area contributed by atoms with Gasteiger partial charge in [-0.3, -0.25) is 10.6 Å². The van der Waals surface area contributed by atoms with E-state index in [9.17, 15) is 14.7 Å². The number of urea groups is 1. The van der Waals surface area contributed by atoms with E-state index >= 15 is 0 Å². The highest BCUT2D eigenvalue weighted by atomic mass is 32.1. The molecule has 3 N–H and O–H groups in total. The number of aromatic carboxylic acids is 1. The number of nitrogens with zero attached hydrogens (tertiary/aromatic N) is 1. The third kappa shape index (κ3) is 3.04. The molecular formula is C13H11N3O3S2. The molecule has 6 nitrogen and oxygen atoms in total. The van der Waals surface area contributed by atoms with Gasteiger partial charge in [-0.25, -0.2) is 9.59 Å². The molecule has 8 heteroatoms. The topological polar surface area (TPSA) is 102 Å². The zero-order valence-electron chi connectivity index (χ0n) is 11.2. The van der Waals surface area contributed by atoms with Crippen LogP contribution in [0, 0.1) is 25.2 Å². The molecule has 0 spiro atoms. The van der Waals surface area contributed by atoms with Gasteiger partial charge in [0, 0.05) is 4.88 Å². The van der Waals surface area contributed by atoms with Crippen molar-refractivity contribution in [3.05, 3.63) is 33.0 Å². The first-order valence-corrected chi connectivity index (χ1v) is 7.52. The van der Waals surface area contributed by atoms with Gasteiger partial charge in [-0.1, -0.05) is 0 Å². The van der Waals surface area contributed by atoms with Crippen LogP contribution in [0.1, 0.15) is 26.4 Å². The van der Waals surface area contributed by atoms with E-state index in [1.54, 1.807) is 25.3 Å². The van der Waals surface area contributed by atoms with Crippen molar-refractivity contribution in [2.75, 3.05) is 10.6 Å². The van der Waals surface area contributed by atoms with Crippen molar-refractivity contribution in [3.8, 4) is 6.07 Å². The largest absolute Gasteiger partial charge is 0.478 e. The van der Waals surface area contributed by atoms with Crippen LogP contribution in [-0.2, 0) is 0 Å². The predicted molar refractivity (Wildman–Crippen MR) is 82.4 cm³/mol. The Morgan fingerprint density at radius 3 is 2.57 bits per heavy atom. The molecule has 2 aromatic rings. The average molecular weight is 321 g/mol. The van der Waals surface area contributed by atoms with Gasteiger partial charge in [0.2, 0.25) is 0 Å². The maximum Gasteiger partial charge on any atom is 0.338 e. The summed E-state index contributed by atoms with van der Waals surface area (Å²) in [6.07, 6.45) is 0. The third-order valence-corrected chi connectivity index (χ3v) is 4.79. The van der Waals surface area contributed by atoms with Crippen molar-refractivity contribution in [1.29, 1.82) is 5.26 Å². The molecule has 108 valence electrons. The number of thiophene rings is 2. The molecule has 0 radical (unpaired) electrons. The van der Waals surface area contributed by atoms with Crippen molar-refractivity contribution in [2.24, 2.45) is 0 Å². The number of carbonyl (C=O) groups excluding carboxylic acids is 1. The first-order valence-electron chi connectivity index (χ1n) is 5.83.